The lowest BCUT2D eigenvalue weighted by atomic mass is 10.3. The molecule has 0 aliphatic carbocycles. The molecule has 0 unspecified atom stereocenters. The van der Waals surface area contributed by atoms with Crippen LogP contribution in [0.5, 0.6) is 0 Å². The summed E-state index contributed by atoms with van der Waals surface area (Å²) >= 11 is 5.81. The average Bonchev–Trinajstić information content (AvgIpc) is 2.50. The van der Waals surface area contributed by atoms with E-state index in [-0.39, 0.29) is 0 Å². The first-order valence-corrected chi connectivity index (χ1v) is 7.42. The quantitative estimate of drug-likeness (QED) is 0.566. The number of rotatable bonds is 13. The average molecular weight is 318 g/mol. The van der Waals surface area contributed by atoms with Gasteiger partial charge in [0.25, 0.3) is 0 Å². The third kappa shape index (κ3) is 10.5. The Hall–Kier alpha value is -0.850. The highest BCUT2D eigenvalue weighted by molar-refractivity contribution is 6.30. The van der Waals surface area contributed by atoms with Crippen molar-refractivity contribution in [2.24, 2.45) is 0 Å². The Labute approximate surface area is 131 Å². The highest BCUT2D eigenvalue weighted by Gasteiger charge is 1.93. The van der Waals surface area contributed by atoms with E-state index in [0.29, 0.717) is 46.2 Å². The van der Waals surface area contributed by atoms with Crippen molar-refractivity contribution in [3.8, 4) is 0 Å². The van der Waals surface area contributed by atoms with Crippen LogP contribution >= 0.6 is 11.6 Å². The fourth-order valence-electron chi connectivity index (χ4n) is 1.52. The summed E-state index contributed by atoms with van der Waals surface area (Å²) in [5.74, 6) is 0. The number of anilines is 1. The first-order chi connectivity index (χ1) is 10.3. The van der Waals surface area contributed by atoms with Crippen LogP contribution in [0.15, 0.2) is 24.3 Å². The van der Waals surface area contributed by atoms with Crippen molar-refractivity contribution in [2.75, 3.05) is 65.2 Å². The molecule has 0 fully saturated rings. The Balaban J connectivity index is 1.81. The lowest BCUT2D eigenvalue weighted by Crippen LogP contribution is -2.14. The largest absolute Gasteiger partial charge is 0.383 e. The van der Waals surface area contributed by atoms with Crippen molar-refractivity contribution in [1.29, 1.82) is 0 Å². The number of hydrogen-bond acceptors (Lipinski definition) is 5. The lowest BCUT2D eigenvalue weighted by Gasteiger charge is -2.08. The van der Waals surface area contributed by atoms with Crippen LogP contribution in [0.25, 0.3) is 0 Å². The lowest BCUT2D eigenvalue weighted by molar-refractivity contribution is 0.00495. The van der Waals surface area contributed by atoms with Gasteiger partial charge in [0.1, 0.15) is 0 Å². The number of benzene rings is 1. The maximum Gasteiger partial charge on any atom is 0.0701 e. The summed E-state index contributed by atoms with van der Waals surface area (Å²) in [6.07, 6.45) is 0. The molecule has 1 aromatic carbocycles. The van der Waals surface area contributed by atoms with E-state index in [1.165, 1.54) is 0 Å². The minimum Gasteiger partial charge on any atom is -0.383 e. The minimum atomic E-state index is 0.578. The standard InChI is InChI=1S/C15H24ClNO4/c1-18-8-9-20-12-13-21-11-10-19-7-6-17-15-4-2-14(16)3-5-15/h2-5,17H,6-13H2,1H3. The molecule has 0 saturated carbocycles. The predicted molar refractivity (Wildman–Crippen MR) is 84.3 cm³/mol. The molecule has 1 N–H and O–H groups in total. The molecule has 0 heterocycles. The van der Waals surface area contributed by atoms with Gasteiger partial charge in [-0.25, -0.2) is 0 Å². The highest BCUT2D eigenvalue weighted by atomic mass is 35.5. The normalized spacial score (nSPS) is 10.8. The van der Waals surface area contributed by atoms with Crippen LogP contribution < -0.4 is 5.32 Å². The molecule has 6 heteroatoms. The van der Waals surface area contributed by atoms with Crippen LogP contribution in [-0.4, -0.2) is 59.9 Å². The summed E-state index contributed by atoms with van der Waals surface area (Å²) in [6.45, 7) is 4.93. The second-order valence-electron chi connectivity index (χ2n) is 4.26. The Morgan fingerprint density at radius 2 is 1.33 bits per heavy atom. The van der Waals surface area contributed by atoms with Crippen LogP contribution in [0, 0.1) is 0 Å². The topological polar surface area (TPSA) is 49.0 Å². The van der Waals surface area contributed by atoms with E-state index in [2.05, 4.69) is 5.32 Å². The zero-order valence-corrected chi connectivity index (χ0v) is 13.2. The van der Waals surface area contributed by atoms with Crippen molar-refractivity contribution in [2.45, 2.75) is 0 Å². The number of ether oxygens (including phenoxy) is 4. The zero-order valence-electron chi connectivity index (χ0n) is 12.5. The van der Waals surface area contributed by atoms with Gasteiger partial charge in [0.15, 0.2) is 0 Å². The Bertz CT molecular complexity index is 348. The van der Waals surface area contributed by atoms with Crippen molar-refractivity contribution >= 4 is 17.3 Å². The Morgan fingerprint density at radius 1 is 0.810 bits per heavy atom. The Kier molecular flexibility index (Phi) is 11.1. The van der Waals surface area contributed by atoms with E-state index >= 15 is 0 Å². The van der Waals surface area contributed by atoms with E-state index in [9.17, 15) is 0 Å². The maximum atomic E-state index is 5.81. The van der Waals surface area contributed by atoms with Gasteiger partial charge in [-0.15, -0.1) is 0 Å². The molecule has 0 atom stereocenters. The molecule has 120 valence electrons. The van der Waals surface area contributed by atoms with Gasteiger partial charge in [0.2, 0.25) is 0 Å². The van der Waals surface area contributed by atoms with Crippen LogP contribution in [0.4, 0.5) is 5.69 Å². The molecule has 0 radical (unpaired) electrons. The third-order valence-corrected chi connectivity index (χ3v) is 2.85. The second kappa shape index (κ2) is 12.9. The summed E-state index contributed by atoms with van der Waals surface area (Å²) in [4.78, 5) is 0. The monoisotopic (exact) mass is 317 g/mol. The van der Waals surface area contributed by atoms with Crippen LogP contribution in [0.2, 0.25) is 5.02 Å². The number of halogens is 1. The van der Waals surface area contributed by atoms with Gasteiger partial charge in [0.05, 0.1) is 46.2 Å². The van der Waals surface area contributed by atoms with Gasteiger partial charge in [-0.2, -0.15) is 0 Å². The van der Waals surface area contributed by atoms with Crippen molar-refractivity contribution in [1.82, 2.24) is 0 Å². The smallest absolute Gasteiger partial charge is 0.0701 e. The molecule has 0 saturated heterocycles. The molecule has 21 heavy (non-hydrogen) atoms. The van der Waals surface area contributed by atoms with Gasteiger partial charge in [-0.05, 0) is 24.3 Å². The molecule has 0 amide bonds. The molecule has 0 bridgehead atoms. The summed E-state index contributed by atoms with van der Waals surface area (Å²) in [6, 6.07) is 7.59. The molecule has 0 aliphatic heterocycles. The molecule has 1 aromatic rings. The fraction of sp³-hybridized carbons (Fsp3) is 0.600. The van der Waals surface area contributed by atoms with Crippen molar-refractivity contribution in [3.63, 3.8) is 0 Å². The van der Waals surface area contributed by atoms with Crippen molar-refractivity contribution < 1.29 is 18.9 Å². The number of nitrogens with one attached hydrogen (secondary N) is 1. The minimum absolute atomic E-state index is 0.578. The van der Waals surface area contributed by atoms with Crippen LogP contribution in [-0.2, 0) is 18.9 Å². The Morgan fingerprint density at radius 3 is 1.90 bits per heavy atom. The molecule has 0 spiro atoms. The second-order valence-corrected chi connectivity index (χ2v) is 4.70. The van der Waals surface area contributed by atoms with E-state index in [4.69, 9.17) is 30.5 Å². The predicted octanol–water partition coefficient (Wildman–Crippen LogP) is 2.45. The summed E-state index contributed by atoms with van der Waals surface area (Å²) in [5.41, 5.74) is 1.03. The number of methoxy groups -OCH3 is 1. The highest BCUT2D eigenvalue weighted by Crippen LogP contribution is 2.12. The summed E-state index contributed by atoms with van der Waals surface area (Å²) in [7, 11) is 1.65. The SMILES string of the molecule is COCCOCCOCCOCCNc1ccc(Cl)cc1. The molecular formula is C15H24ClNO4. The number of hydrogen-bond donors (Lipinski definition) is 1. The summed E-state index contributed by atoms with van der Waals surface area (Å²) in [5, 5.41) is 3.98. The molecule has 0 aliphatic rings. The van der Waals surface area contributed by atoms with Crippen LogP contribution in [0.3, 0.4) is 0 Å². The van der Waals surface area contributed by atoms with Crippen molar-refractivity contribution in [3.05, 3.63) is 29.3 Å². The first kappa shape index (κ1) is 18.2. The summed E-state index contributed by atoms with van der Waals surface area (Å²) < 4.78 is 20.9. The van der Waals surface area contributed by atoms with Gasteiger partial charge < -0.3 is 24.3 Å². The van der Waals surface area contributed by atoms with E-state index in [1.807, 2.05) is 24.3 Å². The molecular weight excluding hydrogens is 294 g/mol. The van der Waals surface area contributed by atoms with E-state index in [0.717, 1.165) is 17.3 Å². The van der Waals surface area contributed by atoms with Gasteiger partial charge in [-0.3, -0.25) is 0 Å². The molecule has 0 aromatic heterocycles. The maximum absolute atomic E-state index is 5.81. The van der Waals surface area contributed by atoms with E-state index in [1.54, 1.807) is 7.11 Å². The zero-order chi connectivity index (χ0) is 15.2. The fourth-order valence-corrected chi connectivity index (χ4v) is 1.65. The van der Waals surface area contributed by atoms with Gasteiger partial charge in [0, 0.05) is 24.4 Å². The van der Waals surface area contributed by atoms with E-state index < -0.39 is 0 Å². The van der Waals surface area contributed by atoms with Gasteiger partial charge in [-0.1, -0.05) is 11.6 Å². The first-order valence-electron chi connectivity index (χ1n) is 7.04. The van der Waals surface area contributed by atoms with Crippen LogP contribution in [0.1, 0.15) is 0 Å². The molecule has 5 nitrogen and oxygen atoms in total. The van der Waals surface area contributed by atoms with Gasteiger partial charge >= 0.3 is 0 Å². The third-order valence-electron chi connectivity index (χ3n) is 2.60. The molecule has 1 rings (SSSR count).